The van der Waals surface area contributed by atoms with Gasteiger partial charge in [0.15, 0.2) is 5.17 Å². The Kier molecular flexibility index (Phi) is 7.52. The zero-order valence-corrected chi connectivity index (χ0v) is 19.3. The molecule has 1 aliphatic heterocycles. The summed E-state index contributed by atoms with van der Waals surface area (Å²) in [4.78, 5) is 24.6. The summed E-state index contributed by atoms with van der Waals surface area (Å²) < 4.78 is 6.02. The minimum absolute atomic E-state index is 0.0528. The van der Waals surface area contributed by atoms with Gasteiger partial charge in [-0.2, -0.15) is 5.10 Å². The number of benzene rings is 2. The fourth-order valence-electron chi connectivity index (χ4n) is 2.56. The van der Waals surface area contributed by atoms with Crippen molar-refractivity contribution in [3.05, 3.63) is 57.5 Å². The molecule has 1 saturated heterocycles. The average molecular weight is 510 g/mol. The molecule has 10 heteroatoms. The first-order valence-electron chi connectivity index (χ1n) is 8.85. The first-order valence-corrected chi connectivity index (χ1v) is 10.9. The minimum Gasteiger partial charge on any atom is -0.496 e. The topological polar surface area (TPSA) is 92.2 Å². The number of nitrogens with one attached hydrogen (secondary N) is 2. The van der Waals surface area contributed by atoms with Crippen molar-refractivity contribution < 1.29 is 14.3 Å². The summed E-state index contributed by atoms with van der Waals surface area (Å²) in [6.45, 7) is 1.80. The maximum Gasteiger partial charge on any atom is 0.238 e. The van der Waals surface area contributed by atoms with Crippen LogP contribution in [0.1, 0.15) is 18.9 Å². The van der Waals surface area contributed by atoms with Crippen molar-refractivity contribution in [3.8, 4) is 5.75 Å². The molecule has 0 aliphatic carbocycles. The molecule has 0 bridgehead atoms. The highest BCUT2D eigenvalue weighted by Gasteiger charge is 2.30. The van der Waals surface area contributed by atoms with E-state index in [0.29, 0.717) is 22.2 Å². The van der Waals surface area contributed by atoms with E-state index in [1.807, 2.05) is 18.2 Å². The summed E-state index contributed by atoms with van der Waals surface area (Å²) in [6, 6.07) is 12.3. The number of amidine groups is 1. The molecule has 1 heterocycles. The summed E-state index contributed by atoms with van der Waals surface area (Å²) in [5, 5.41) is 14.0. The maximum atomic E-state index is 12.5. The Labute approximate surface area is 191 Å². The number of ether oxygens (including phenoxy) is 1. The number of hydrogen-bond donors (Lipinski definition) is 2. The van der Waals surface area contributed by atoms with E-state index in [0.717, 1.165) is 21.8 Å². The Morgan fingerprint density at radius 3 is 2.70 bits per heavy atom. The van der Waals surface area contributed by atoms with Gasteiger partial charge in [-0.1, -0.05) is 23.4 Å². The molecule has 156 valence electrons. The Morgan fingerprint density at radius 1 is 1.30 bits per heavy atom. The normalized spacial score (nSPS) is 18.1. The maximum absolute atomic E-state index is 12.5. The zero-order chi connectivity index (χ0) is 21.7. The first kappa shape index (κ1) is 22.3. The molecule has 3 rings (SSSR count). The van der Waals surface area contributed by atoms with E-state index in [-0.39, 0.29) is 23.4 Å². The number of halogens is 2. The number of carbonyl (C=O) groups excluding carboxylic acids is 2. The summed E-state index contributed by atoms with van der Waals surface area (Å²) in [5.74, 6) is 0.135. The third-order valence-corrected chi connectivity index (χ3v) is 6.08. The van der Waals surface area contributed by atoms with Crippen LogP contribution in [-0.4, -0.2) is 35.1 Å². The van der Waals surface area contributed by atoms with Gasteiger partial charge in [0.1, 0.15) is 11.0 Å². The Bertz CT molecular complexity index is 1030. The smallest absolute Gasteiger partial charge is 0.238 e. The Balaban J connectivity index is 1.71. The lowest BCUT2D eigenvalue weighted by molar-refractivity contribution is -0.123. The van der Waals surface area contributed by atoms with Crippen LogP contribution in [0, 0.1) is 0 Å². The van der Waals surface area contributed by atoms with Gasteiger partial charge in [-0.15, -0.1) is 5.10 Å². The molecule has 0 unspecified atom stereocenters. The molecule has 0 spiro atoms. The average Bonchev–Trinajstić information content (AvgIpc) is 2.73. The van der Waals surface area contributed by atoms with Gasteiger partial charge in [0, 0.05) is 17.1 Å². The summed E-state index contributed by atoms with van der Waals surface area (Å²) in [6.07, 6.45) is 0.0528. The van der Waals surface area contributed by atoms with Gasteiger partial charge in [0.25, 0.3) is 0 Å². The number of rotatable bonds is 5. The molecule has 7 nitrogen and oxygen atoms in total. The fraction of sp³-hybridized carbons (Fsp3) is 0.200. The SMILES string of the molecule is COc1ccc(/C(C)=N/N=C2/NC(=O)C[C@@H](C(=O)Nc3ccc(Cl)cc3)S2)cc1Br. The van der Waals surface area contributed by atoms with E-state index in [1.54, 1.807) is 38.3 Å². The molecule has 2 amide bonds. The zero-order valence-electron chi connectivity index (χ0n) is 16.1. The van der Waals surface area contributed by atoms with Crippen molar-refractivity contribution in [2.45, 2.75) is 18.6 Å². The number of nitrogens with zero attached hydrogens (tertiary/aromatic N) is 2. The van der Waals surface area contributed by atoms with Crippen molar-refractivity contribution in [1.82, 2.24) is 5.32 Å². The lowest BCUT2D eigenvalue weighted by Gasteiger charge is -2.21. The summed E-state index contributed by atoms with van der Waals surface area (Å²) in [5.41, 5.74) is 2.10. The standard InChI is InChI=1S/C20H18BrClN4O3S/c1-11(12-3-8-16(29-2)15(21)9-12)25-26-20-24-18(27)10-17(30-20)19(28)23-14-6-4-13(22)5-7-14/h3-9,17H,10H2,1-2H3,(H,23,28)(H,24,26,27)/b25-11+/t17-/m0/s1. The lowest BCUT2D eigenvalue weighted by Crippen LogP contribution is -2.41. The molecule has 2 N–H and O–H groups in total. The molecule has 1 fully saturated rings. The van der Waals surface area contributed by atoms with Gasteiger partial charge < -0.3 is 15.4 Å². The highest BCUT2D eigenvalue weighted by atomic mass is 79.9. The first-order chi connectivity index (χ1) is 14.4. The number of carbonyl (C=O) groups is 2. The van der Waals surface area contributed by atoms with E-state index >= 15 is 0 Å². The van der Waals surface area contributed by atoms with Crippen molar-refractivity contribution in [2.24, 2.45) is 10.2 Å². The van der Waals surface area contributed by atoms with Crippen LogP contribution in [0.3, 0.4) is 0 Å². The molecule has 2 aromatic rings. The molecule has 0 radical (unpaired) electrons. The molecular formula is C20H18BrClN4O3S. The van der Waals surface area contributed by atoms with E-state index in [1.165, 1.54) is 0 Å². The predicted molar refractivity (Wildman–Crippen MR) is 125 cm³/mol. The number of methoxy groups -OCH3 is 1. The van der Waals surface area contributed by atoms with Crippen LogP contribution in [0.5, 0.6) is 5.75 Å². The van der Waals surface area contributed by atoms with Gasteiger partial charge in [-0.05, 0) is 70.9 Å². The lowest BCUT2D eigenvalue weighted by atomic mass is 10.1. The van der Waals surface area contributed by atoms with Gasteiger partial charge in [0.2, 0.25) is 11.8 Å². The molecule has 0 aromatic heterocycles. The van der Waals surface area contributed by atoms with Crippen LogP contribution in [0.15, 0.2) is 57.1 Å². The van der Waals surface area contributed by atoms with Crippen LogP contribution in [-0.2, 0) is 9.59 Å². The van der Waals surface area contributed by atoms with Crippen LogP contribution in [0.2, 0.25) is 5.02 Å². The van der Waals surface area contributed by atoms with Crippen molar-refractivity contribution in [3.63, 3.8) is 0 Å². The van der Waals surface area contributed by atoms with Gasteiger partial charge in [-0.25, -0.2) is 0 Å². The fourth-order valence-corrected chi connectivity index (χ4v) is 4.16. The minimum atomic E-state index is -0.612. The van der Waals surface area contributed by atoms with Crippen molar-refractivity contribution in [2.75, 3.05) is 12.4 Å². The van der Waals surface area contributed by atoms with E-state index < -0.39 is 5.25 Å². The largest absolute Gasteiger partial charge is 0.496 e. The Morgan fingerprint density at radius 2 is 2.03 bits per heavy atom. The quantitative estimate of drug-likeness (QED) is 0.460. The molecule has 2 aromatic carbocycles. The third kappa shape index (κ3) is 5.84. The van der Waals surface area contributed by atoms with Gasteiger partial charge in [-0.3, -0.25) is 9.59 Å². The predicted octanol–water partition coefficient (Wildman–Crippen LogP) is 4.45. The molecular weight excluding hydrogens is 492 g/mol. The van der Waals surface area contributed by atoms with Crippen LogP contribution >= 0.6 is 39.3 Å². The number of amides is 2. The number of thioether (sulfide) groups is 1. The van der Waals surface area contributed by atoms with Crippen LogP contribution < -0.4 is 15.4 Å². The summed E-state index contributed by atoms with van der Waals surface area (Å²) >= 11 is 10.4. The molecule has 1 atom stereocenters. The van der Waals surface area contributed by atoms with Gasteiger partial charge >= 0.3 is 0 Å². The van der Waals surface area contributed by atoms with Gasteiger partial charge in [0.05, 0.1) is 17.3 Å². The van der Waals surface area contributed by atoms with Crippen molar-refractivity contribution in [1.29, 1.82) is 0 Å². The van der Waals surface area contributed by atoms with E-state index in [4.69, 9.17) is 16.3 Å². The van der Waals surface area contributed by atoms with Crippen molar-refractivity contribution >= 4 is 67.7 Å². The highest BCUT2D eigenvalue weighted by molar-refractivity contribution is 9.10. The second kappa shape index (κ2) is 10.1. The third-order valence-electron chi connectivity index (χ3n) is 4.14. The summed E-state index contributed by atoms with van der Waals surface area (Å²) in [7, 11) is 1.59. The number of anilines is 1. The van der Waals surface area contributed by atoms with Crippen LogP contribution in [0.25, 0.3) is 0 Å². The van der Waals surface area contributed by atoms with E-state index in [9.17, 15) is 9.59 Å². The second-order valence-electron chi connectivity index (χ2n) is 6.29. The number of hydrogen-bond acceptors (Lipinski definition) is 6. The monoisotopic (exact) mass is 508 g/mol. The molecule has 0 saturated carbocycles. The van der Waals surface area contributed by atoms with Crippen LogP contribution in [0.4, 0.5) is 5.69 Å². The Hall–Kier alpha value is -2.36. The second-order valence-corrected chi connectivity index (χ2v) is 8.78. The molecule has 1 aliphatic rings. The highest BCUT2D eigenvalue weighted by Crippen LogP contribution is 2.26. The van der Waals surface area contributed by atoms with E-state index in [2.05, 4.69) is 36.8 Å². The molecule has 30 heavy (non-hydrogen) atoms.